The lowest BCUT2D eigenvalue weighted by Crippen LogP contribution is -2.50. The molecule has 0 radical (unpaired) electrons. The zero-order valence-corrected chi connectivity index (χ0v) is 12.4. The van der Waals surface area contributed by atoms with Crippen LogP contribution >= 0.6 is 11.8 Å². The van der Waals surface area contributed by atoms with Crippen LogP contribution in [-0.2, 0) is 4.74 Å². The second-order valence-corrected chi connectivity index (χ2v) is 7.63. The summed E-state index contributed by atoms with van der Waals surface area (Å²) in [5.74, 6) is 3.45. The van der Waals surface area contributed by atoms with E-state index < -0.39 is 0 Å². The van der Waals surface area contributed by atoms with E-state index in [1.54, 1.807) is 0 Å². The van der Waals surface area contributed by atoms with E-state index in [0.29, 0.717) is 12.1 Å². The van der Waals surface area contributed by atoms with Crippen LogP contribution in [0.3, 0.4) is 0 Å². The lowest BCUT2D eigenvalue weighted by atomic mass is 9.88. The van der Waals surface area contributed by atoms with Crippen molar-refractivity contribution in [2.24, 2.45) is 5.92 Å². The lowest BCUT2D eigenvalue weighted by Gasteiger charge is -2.40. The summed E-state index contributed by atoms with van der Waals surface area (Å²) in [5.41, 5.74) is 0.232. The first-order valence-electron chi connectivity index (χ1n) is 7.75. The van der Waals surface area contributed by atoms with E-state index in [0.717, 1.165) is 12.5 Å². The van der Waals surface area contributed by atoms with Crippen molar-refractivity contribution in [3.63, 3.8) is 0 Å². The molecule has 104 valence electrons. The van der Waals surface area contributed by atoms with Gasteiger partial charge >= 0.3 is 0 Å². The summed E-state index contributed by atoms with van der Waals surface area (Å²) in [6.07, 6.45) is 9.51. The van der Waals surface area contributed by atoms with Gasteiger partial charge in [-0.15, -0.1) is 0 Å². The number of hydrogen-bond donors (Lipinski definition) is 1. The molecule has 0 aromatic heterocycles. The summed E-state index contributed by atoms with van der Waals surface area (Å²) < 4.78 is 6.10. The van der Waals surface area contributed by atoms with Crippen LogP contribution in [0.25, 0.3) is 0 Å². The molecule has 1 aliphatic carbocycles. The monoisotopic (exact) mass is 269 g/mol. The maximum Gasteiger partial charge on any atom is 0.0795 e. The van der Waals surface area contributed by atoms with Gasteiger partial charge in [0.15, 0.2) is 0 Å². The molecule has 1 N–H and O–H groups in total. The number of thioether (sulfide) groups is 1. The van der Waals surface area contributed by atoms with Crippen LogP contribution in [0.5, 0.6) is 0 Å². The molecule has 2 saturated heterocycles. The average Bonchev–Trinajstić information content (AvgIpc) is 3.01. The van der Waals surface area contributed by atoms with Crippen molar-refractivity contribution in [2.75, 3.05) is 18.1 Å². The van der Waals surface area contributed by atoms with Gasteiger partial charge < -0.3 is 10.1 Å². The molecule has 0 aromatic carbocycles. The first kappa shape index (κ1) is 13.3. The molecule has 2 nitrogen and oxygen atoms in total. The van der Waals surface area contributed by atoms with Gasteiger partial charge in [0, 0.05) is 24.4 Å². The third-order valence-electron chi connectivity index (χ3n) is 5.17. The third-order valence-corrected chi connectivity index (χ3v) is 6.39. The minimum Gasteiger partial charge on any atom is -0.374 e. The average molecular weight is 269 g/mol. The number of ether oxygens (including phenoxy) is 1. The Labute approximate surface area is 116 Å². The molecular formula is C15H27NOS. The van der Waals surface area contributed by atoms with E-state index >= 15 is 0 Å². The van der Waals surface area contributed by atoms with Gasteiger partial charge in [0.05, 0.1) is 5.60 Å². The van der Waals surface area contributed by atoms with E-state index in [4.69, 9.17) is 4.74 Å². The summed E-state index contributed by atoms with van der Waals surface area (Å²) >= 11 is 2.07. The van der Waals surface area contributed by atoms with Crippen LogP contribution in [0, 0.1) is 5.92 Å². The largest absolute Gasteiger partial charge is 0.374 e. The van der Waals surface area contributed by atoms with Gasteiger partial charge in [0.2, 0.25) is 0 Å². The van der Waals surface area contributed by atoms with E-state index in [-0.39, 0.29) is 5.60 Å². The van der Waals surface area contributed by atoms with Crippen molar-refractivity contribution in [1.82, 2.24) is 5.32 Å². The molecule has 3 atom stereocenters. The summed E-state index contributed by atoms with van der Waals surface area (Å²) in [7, 11) is 0. The van der Waals surface area contributed by atoms with Crippen LogP contribution in [-0.4, -0.2) is 35.8 Å². The first-order valence-corrected chi connectivity index (χ1v) is 8.91. The van der Waals surface area contributed by atoms with E-state index in [9.17, 15) is 0 Å². The number of rotatable bonds is 3. The minimum atomic E-state index is 0.232. The lowest BCUT2D eigenvalue weighted by molar-refractivity contribution is -0.0718. The molecule has 0 bridgehead atoms. The molecule has 3 rings (SSSR count). The Kier molecular flexibility index (Phi) is 4.21. The minimum absolute atomic E-state index is 0.232. The van der Waals surface area contributed by atoms with Gasteiger partial charge in [-0.05, 0) is 50.7 Å². The van der Waals surface area contributed by atoms with Gasteiger partial charge in [-0.3, -0.25) is 0 Å². The molecule has 2 heterocycles. The number of nitrogens with one attached hydrogen (secondary N) is 1. The molecule has 2 aliphatic heterocycles. The fraction of sp³-hybridized carbons (Fsp3) is 1.00. The second-order valence-electron chi connectivity index (χ2n) is 6.52. The summed E-state index contributed by atoms with van der Waals surface area (Å²) in [6.45, 7) is 3.37. The highest BCUT2D eigenvalue weighted by molar-refractivity contribution is 7.99. The van der Waals surface area contributed by atoms with Crippen molar-refractivity contribution in [1.29, 1.82) is 0 Å². The van der Waals surface area contributed by atoms with Gasteiger partial charge in [-0.25, -0.2) is 0 Å². The Morgan fingerprint density at radius 3 is 2.83 bits per heavy atom. The zero-order chi connectivity index (χ0) is 12.4. The Balaban J connectivity index is 1.52. The van der Waals surface area contributed by atoms with Crippen LogP contribution in [0.2, 0.25) is 0 Å². The highest BCUT2D eigenvalue weighted by Crippen LogP contribution is 2.38. The maximum absolute atomic E-state index is 6.10. The maximum atomic E-state index is 6.10. The molecule has 3 aliphatic rings. The SMILES string of the molecule is C[C@@H](NC1CCOC2(CCSC2)C1)C1CCCC1. The van der Waals surface area contributed by atoms with Crippen LogP contribution < -0.4 is 5.32 Å². The van der Waals surface area contributed by atoms with E-state index in [1.165, 1.54) is 56.5 Å². The van der Waals surface area contributed by atoms with Gasteiger partial charge in [0.25, 0.3) is 0 Å². The Bertz CT molecular complexity index is 272. The summed E-state index contributed by atoms with van der Waals surface area (Å²) in [5, 5.41) is 3.92. The topological polar surface area (TPSA) is 21.3 Å². The Morgan fingerprint density at radius 1 is 1.28 bits per heavy atom. The molecule has 0 amide bonds. The zero-order valence-electron chi connectivity index (χ0n) is 11.6. The smallest absolute Gasteiger partial charge is 0.0795 e. The quantitative estimate of drug-likeness (QED) is 0.850. The van der Waals surface area contributed by atoms with Crippen LogP contribution in [0.1, 0.15) is 51.9 Å². The fourth-order valence-electron chi connectivity index (χ4n) is 4.00. The number of hydrogen-bond acceptors (Lipinski definition) is 3. The first-order chi connectivity index (χ1) is 8.77. The van der Waals surface area contributed by atoms with Gasteiger partial charge in [-0.2, -0.15) is 11.8 Å². The Hall–Kier alpha value is 0.270. The molecule has 2 unspecified atom stereocenters. The van der Waals surface area contributed by atoms with Crippen molar-refractivity contribution in [3.8, 4) is 0 Å². The summed E-state index contributed by atoms with van der Waals surface area (Å²) in [4.78, 5) is 0. The molecule has 1 saturated carbocycles. The standard InChI is InChI=1S/C15H27NOS/c1-12(13-4-2-3-5-13)16-14-6-8-17-15(10-14)7-9-18-11-15/h12-14,16H,2-11H2,1H3/t12-,14?,15?/m1/s1. The summed E-state index contributed by atoms with van der Waals surface area (Å²) in [6, 6.07) is 1.41. The normalized spacial score (nSPS) is 39.5. The predicted octanol–water partition coefficient (Wildman–Crippen LogP) is 3.21. The van der Waals surface area contributed by atoms with Crippen molar-refractivity contribution >= 4 is 11.8 Å². The molecule has 0 aromatic rings. The van der Waals surface area contributed by atoms with E-state index in [2.05, 4.69) is 24.0 Å². The molecule has 18 heavy (non-hydrogen) atoms. The van der Waals surface area contributed by atoms with Gasteiger partial charge in [-0.1, -0.05) is 12.8 Å². The highest BCUT2D eigenvalue weighted by atomic mass is 32.2. The predicted molar refractivity (Wildman–Crippen MR) is 78.2 cm³/mol. The molecule has 3 fully saturated rings. The fourth-order valence-corrected chi connectivity index (χ4v) is 5.38. The molecule has 3 heteroatoms. The van der Waals surface area contributed by atoms with Crippen molar-refractivity contribution in [3.05, 3.63) is 0 Å². The second kappa shape index (κ2) is 5.72. The van der Waals surface area contributed by atoms with Crippen molar-refractivity contribution in [2.45, 2.75) is 69.6 Å². The molecule has 1 spiro atoms. The van der Waals surface area contributed by atoms with Gasteiger partial charge in [0.1, 0.15) is 0 Å². The Morgan fingerprint density at radius 2 is 2.11 bits per heavy atom. The van der Waals surface area contributed by atoms with Crippen LogP contribution in [0.4, 0.5) is 0 Å². The molecular weight excluding hydrogens is 242 g/mol. The third kappa shape index (κ3) is 2.88. The van der Waals surface area contributed by atoms with Crippen molar-refractivity contribution < 1.29 is 4.74 Å². The highest BCUT2D eigenvalue weighted by Gasteiger charge is 2.40. The van der Waals surface area contributed by atoms with E-state index in [1.807, 2.05) is 0 Å². The van der Waals surface area contributed by atoms with Crippen LogP contribution in [0.15, 0.2) is 0 Å².